The molecule has 0 aromatic heterocycles. The predicted octanol–water partition coefficient (Wildman–Crippen LogP) is 6.23. The van der Waals surface area contributed by atoms with E-state index in [0.29, 0.717) is 12.4 Å². The number of benzene rings is 4. The molecular formula is C31H31N3O2S. The molecule has 0 spiro atoms. The fourth-order valence-electron chi connectivity index (χ4n) is 4.79. The van der Waals surface area contributed by atoms with Crippen molar-refractivity contribution in [2.45, 2.75) is 36.9 Å². The Hall–Kier alpha value is -3.74. The zero-order valence-corrected chi connectivity index (χ0v) is 21.8. The number of sulfonamides is 1. The van der Waals surface area contributed by atoms with Gasteiger partial charge in [0.05, 0.1) is 17.5 Å². The van der Waals surface area contributed by atoms with Crippen LogP contribution in [-0.2, 0) is 10.0 Å². The normalized spacial score (nSPS) is 18.4. The molecule has 0 unspecified atom stereocenters. The van der Waals surface area contributed by atoms with Crippen LogP contribution in [0, 0.1) is 6.92 Å². The average molecular weight is 510 g/mol. The van der Waals surface area contributed by atoms with Gasteiger partial charge in [-0.15, -0.1) is 0 Å². The fraction of sp³-hybridized carbons (Fsp3) is 0.194. The summed E-state index contributed by atoms with van der Waals surface area (Å²) < 4.78 is 30.0. The van der Waals surface area contributed by atoms with Crippen LogP contribution in [0.25, 0.3) is 0 Å². The molecule has 4 aromatic rings. The molecule has 1 N–H and O–H groups in total. The second-order valence-corrected chi connectivity index (χ2v) is 11.2. The molecule has 0 radical (unpaired) electrons. The first kappa shape index (κ1) is 24.9. The van der Waals surface area contributed by atoms with Crippen LogP contribution >= 0.6 is 0 Å². The lowest BCUT2D eigenvalue weighted by molar-refractivity contribution is 0.415. The predicted molar refractivity (Wildman–Crippen MR) is 149 cm³/mol. The van der Waals surface area contributed by atoms with Crippen molar-refractivity contribution in [3.05, 3.63) is 138 Å². The Morgan fingerprint density at radius 1 is 0.784 bits per heavy atom. The smallest absolute Gasteiger partial charge is 0.265 e. The van der Waals surface area contributed by atoms with Gasteiger partial charge in [0.25, 0.3) is 10.0 Å². The van der Waals surface area contributed by atoms with E-state index in [4.69, 9.17) is 4.99 Å². The van der Waals surface area contributed by atoms with Gasteiger partial charge in [-0.05, 0) is 42.7 Å². The van der Waals surface area contributed by atoms with Crippen molar-refractivity contribution >= 4 is 15.9 Å². The Morgan fingerprint density at radius 3 is 1.92 bits per heavy atom. The summed E-state index contributed by atoms with van der Waals surface area (Å²) in [6, 6.07) is 36.1. The minimum absolute atomic E-state index is 0.0266. The molecule has 1 aliphatic heterocycles. The summed E-state index contributed by atoms with van der Waals surface area (Å²) in [5.41, 5.74) is 4.02. The first-order valence-electron chi connectivity index (χ1n) is 12.5. The fourth-order valence-corrected chi connectivity index (χ4v) is 6.42. The lowest BCUT2D eigenvalue weighted by Gasteiger charge is -2.31. The van der Waals surface area contributed by atoms with E-state index in [1.807, 2.05) is 97.9 Å². The highest BCUT2D eigenvalue weighted by molar-refractivity contribution is 7.89. The SMILES string of the molecule is Cc1ccc(S(=O)(=O)N2C(CN[C@@H](C)c3ccccc3)=N[C@@H](c3ccccc3)[C@@H]2c2ccccc2)cc1. The molecule has 0 saturated heterocycles. The molecule has 3 atom stereocenters. The third kappa shape index (κ3) is 5.22. The van der Waals surface area contributed by atoms with E-state index in [0.717, 1.165) is 22.3 Å². The Balaban J connectivity index is 1.59. The van der Waals surface area contributed by atoms with Crippen molar-refractivity contribution < 1.29 is 8.42 Å². The molecule has 0 fully saturated rings. The summed E-state index contributed by atoms with van der Waals surface area (Å²) in [6.45, 7) is 4.34. The van der Waals surface area contributed by atoms with Crippen LogP contribution in [0.3, 0.4) is 0 Å². The van der Waals surface area contributed by atoms with Gasteiger partial charge in [-0.25, -0.2) is 12.7 Å². The van der Waals surface area contributed by atoms with Crippen LogP contribution < -0.4 is 5.32 Å². The maximum atomic E-state index is 14.2. The topological polar surface area (TPSA) is 61.8 Å². The van der Waals surface area contributed by atoms with E-state index in [9.17, 15) is 8.42 Å². The monoisotopic (exact) mass is 509 g/mol. The number of nitrogens with one attached hydrogen (secondary N) is 1. The second-order valence-electron chi connectivity index (χ2n) is 9.38. The van der Waals surface area contributed by atoms with Gasteiger partial charge in [-0.1, -0.05) is 109 Å². The summed E-state index contributed by atoms with van der Waals surface area (Å²) in [7, 11) is -3.89. The number of amidine groups is 1. The molecule has 6 heteroatoms. The van der Waals surface area contributed by atoms with Crippen LogP contribution in [0.15, 0.2) is 125 Å². The van der Waals surface area contributed by atoms with Crippen molar-refractivity contribution in [2.24, 2.45) is 4.99 Å². The number of hydrogen-bond donors (Lipinski definition) is 1. The largest absolute Gasteiger partial charge is 0.303 e. The minimum atomic E-state index is -3.89. The summed E-state index contributed by atoms with van der Waals surface area (Å²) in [6.07, 6.45) is 0. The highest BCUT2D eigenvalue weighted by Crippen LogP contribution is 2.44. The molecule has 0 bridgehead atoms. The lowest BCUT2D eigenvalue weighted by Crippen LogP contribution is -2.42. The summed E-state index contributed by atoms with van der Waals surface area (Å²) in [5, 5.41) is 3.51. The maximum Gasteiger partial charge on any atom is 0.265 e. The summed E-state index contributed by atoms with van der Waals surface area (Å²) in [4.78, 5) is 5.33. The van der Waals surface area contributed by atoms with Gasteiger partial charge < -0.3 is 5.32 Å². The molecule has 0 saturated carbocycles. The van der Waals surface area contributed by atoms with E-state index >= 15 is 0 Å². The van der Waals surface area contributed by atoms with Crippen molar-refractivity contribution in [3.63, 3.8) is 0 Å². The number of aryl methyl sites for hydroxylation is 1. The van der Waals surface area contributed by atoms with Crippen molar-refractivity contribution in [1.29, 1.82) is 0 Å². The average Bonchev–Trinajstić information content (AvgIpc) is 3.34. The Kier molecular flexibility index (Phi) is 7.22. The lowest BCUT2D eigenvalue weighted by atomic mass is 9.95. The zero-order chi connectivity index (χ0) is 25.8. The van der Waals surface area contributed by atoms with Crippen molar-refractivity contribution in [3.8, 4) is 0 Å². The molecule has 1 heterocycles. The number of aliphatic imine (C=N–C) groups is 1. The summed E-state index contributed by atoms with van der Waals surface area (Å²) in [5.74, 6) is 0.506. The molecular weight excluding hydrogens is 478 g/mol. The quantitative estimate of drug-likeness (QED) is 0.306. The van der Waals surface area contributed by atoms with Crippen LogP contribution in [0.4, 0.5) is 0 Å². The van der Waals surface area contributed by atoms with Crippen molar-refractivity contribution in [1.82, 2.24) is 9.62 Å². The van der Waals surface area contributed by atoms with Gasteiger partial charge in [0.1, 0.15) is 11.9 Å². The first-order chi connectivity index (χ1) is 17.9. The summed E-state index contributed by atoms with van der Waals surface area (Å²) >= 11 is 0. The highest BCUT2D eigenvalue weighted by atomic mass is 32.2. The number of nitrogens with zero attached hydrogens (tertiary/aromatic N) is 2. The van der Waals surface area contributed by atoms with E-state index in [2.05, 4.69) is 24.4 Å². The third-order valence-corrected chi connectivity index (χ3v) is 8.64. The number of hydrogen-bond acceptors (Lipinski definition) is 4. The molecule has 5 rings (SSSR count). The maximum absolute atomic E-state index is 14.2. The van der Waals surface area contributed by atoms with Crippen LogP contribution in [-0.4, -0.2) is 25.1 Å². The molecule has 188 valence electrons. The van der Waals surface area contributed by atoms with Gasteiger partial charge in [0.15, 0.2) is 0 Å². The van der Waals surface area contributed by atoms with Crippen LogP contribution in [0.2, 0.25) is 0 Å². The molecule has 5 nitrogen and oxygen atoms in total. The number of rotatable bonds is 8. The highest BCUT2D eigenvalue weighted by Gasteiger charge is 2.44. The third-order valence-electron chi connectivity index (χ3n) is 6.82. The molecule has 1 aliphatic rings. The van der Waals surface area contributed by atoms with E-state index < -0.39 is 16.1 Å². The standard InChI is InChI=1S/C31H31N3O2S/c1-23-18-20-28(21-19-23)37(35,36)34-29(22-32-24(2)25-12-6-3-7-13-25)33-30(26-14-8-4-9-15-26)31(34)27-16-10-5-11-17-27/h3-21,24,30-32H,22H2,1-2H3/t24-,30-,31-/m0/s1. The van der Waals surface area contributed by atoms with Crippen LogP contribution in [0.5, 0.6) is 0 Å². The molecule has 4 aromatic carbocycles. The van der Waals surface area contributed by atoms with Crippen LogP contribution in [0.1, 0.15) is 47.3 Å². The van der Waals surface area contributed by atoms with E-state index in [1.165, 1.54) is 4.31 Å². The second kappa shape index (κ2) is 10.7. The van der Waals surface area contributed by atoms with E-state index in [1.54, 1.807) is 12.1 Å². The van der Waals surface area contributed by atoms with E-state index in [-0.39, 0.29) is 17.0 Å². The Labute approximate surface area is 219 Å². The molecule has 37 heavy (non-hydrogen) atoms. The Morgan fingerprint density at radius 2 is 1.32 bits per heavy atom. The van der Waals surface area contributed by atoms with Gasteiger partial charge in [-0.3, -0.25) is 4.99 Å². The Bertz CT molecular complexity index is 1460. The zero-order valence-electron chi connectivity index (χ0n) is 21.0. The minimum Gasteiger partial charge on any atom is -0.303 e. The van der Waals surface area contributed by atoms with Gasteiger partial charge in [0.2, 0.25) is 0 Å². The van der Waals surface area contributed by atoms with Crippen molar-refractivity contribution in [2.75, 3.05) is 6.54 Å². The molecule has 0 aliphatic carbocycles. The molecule has 0 amide bonds. The van der Waals surface area contributed by atoms with Gasteiger partial charge in [-0.2, -0.15) is 0 Å². The van der Waals surface area contributed by atoms with Gasteiger partial charge >= 0.3 is 0 Å². The first-order valence-corrected chi connectivity index (χ1v) is 13.9. The van der Waals surface area contributed by atoms with Gasteiger partial charge in [0, 0.05) is 6.04 Å².